The van der Waals surface area contributed by atoms with E-state index in [1.54, 1.807) is 97.3 Å². The summed E-state index contributed by atoms with van der Waals surface area (Å²) in [7, 11) is 3.39. The second kappa shape index (κ2) is 20.9. The van der Waals surface area contributed by atoms with Gasteiger partial charge in [0.05, 0.1) is 42.5 Å². The molecule has 27 heteroatoms. The Morgan fingerprint density at radius 3 is 2.00 bits per heavy atom. The Bertz CT molecular complexity index is 4300. The molecule has 2 N–H and O–H groups in total. The molecule has 10 aromatic rings. The molecule has 2 atom stereocenters. The molecule has 24 nitrogen and oxygen atoms in total. The lowest BCUT2D eigenvalue weighted by molar-refractivity contribution is -0.127. The van der Waals surface area contributed by atoms with Gasteiger partial charge in [0, 0.05) is 93.6 Å². The number of nitrogens with zero attached hydrogens (tertiary/aromatic N) is 18. The average molecular weight is 1120 g/mol. The van der Waals surface area contributed by atoms with E-state index in [0.29, 0.717) is 89.1 Å². The van der Waals surface area contributed by atoms with Gasteiger partial charge in [0.2, 0.25) is 23.7 Å². The van der Waals surface area contributed by atoms with Gasteiger partial charge in [-0.2, -0.15) is 0 Å². The van der Waals surface area contributed by atoms with E-state index in [0.717, 1.165) is 6.42 Å². The molecule has 0 bridgehead atoms. The van der Waals surface area contributed by atoms with Crippen LogP contribution in [0.5, 0.6) is 23.0 Å². The van der Waals surface area contributed by atoms with E-state index in [1.807, 2.05) is 4.90 Å². The third-order valence-corrected chi connectivity index (χ3v) is 15.2. The van der Waals surface area contributed by atoms with Gasteiger partial charge < -0.3 is 39.7 Å². The van der Waals surface area contributed by atoms with E-state index in [-0.39, 0.29) is 93.1 Å². The molecule has 0 radical (unpaired) electrons. The Morgan fingerprint density at radius 1 is 0.735 bits per heavy atom. The Labute approximate surface area is 469 Å². The fourth-order valence-corrected chi connectivity index (χ4v) is 10.8. The van der Waals surface area contributed by atoms with Crippen LogP contribution in [0, 0.1) is 43.1 Å². The normalized spacial score (nSPS) is 16.8. The summed E-state index contributed by atoms with van der Waals surface area (Å²) in [5.74, 6) is 0.784. The lowest BCUT2D eigenvalue weighted by Crippen LogP contribution is -2.47. The minimum absolute atomic E-state index is 0.0317. The van der Waals surface area contributed by atoms with Gasteiger partial charge in [-0.05, 0) is 62.7 Å². The topological polar surface area (TPSA) is 254 Å². The standard InChI is InChI=1S/C56H49F3N20O4/c1-6-45(80)76-16-8-17-77(28-76)55-60-22-40-49(68-55)53(64-26-62-40)66-36-11-14-43(29(2)47(36)58)82-31-10-13-42-38(20-31)70-73-79(42)18-7-9-46(81)74(4)51-33-24-78(25-34(33)51)56-61-23-41-50(69-56)54(65-27-63-41)67-37-12-15-44(30(3)48(37)59)83-32-19-35(57)52-39(21-32)71-72-75(52)5/h6-7,9-15,19-23,26-27,33-34,51H,1,8,16-18,24-25,28H2,2-5H3,(H,62,64,66)(H,63,65,67). The van der Waals surface area contributed by atoms with Crippen LogP contribution in [-0.4, -0.2) is 137 Å². The highest BCUT2D eigenvalue weighted by molar-refractivity contribution is 5.90. The largest absolute Gasteiger partial charge is 0.457 e. The van der Waals surface area contributed by atoms with Crippen molar-refractivity contribution in [3.63, 3.8) is 0 Å². The fraction of sp³-hybridized carbons (Fsp3) is 0.250. The minimum Gasteiger partial charge on any atom is -0.457 e. The molecule has 2 saturated heterocycles. The lowest BCUT2D eigenvalue weighted by atomic mass is 10.1. The number of nitrogens with one attached hydrogen (secondary N) is 2. The molecule has 13 rings (SSSR count). The van der Waals surface area contributed by atoms with Crippen molar-refractivity contribution in [2.45, 2.75) is 32.9 Å². The van der Waals surface area contributed by atoms with Gasteiger partial charge in [-0.25, -0.2) is 62.4 Å². The fourth-order valence-electron chi connectivity index (χ4n) is 10.8. The number of aryl methyl sites for hydroxylation is 1. The summed E-state index contributed by atoms with van der Waals surface area (Å²) in [4.78, 5) is 69.1. The smallest absolute Gasteiger partial charge is 0.247 e. The van der Waals surface area contributed by atoms with Crippen LogP contribution in [0.2, 0.25) is 0 Å². The number of carbonyl (C=O) groups excluding carboxylic acids is 2. The molecule has 83 heavy (non-hydrogen) atoms. The van der Waals surface area contributed by atoms with Crippen molar-refractivity contribution in [1.82, 2.24) is 79.7 Å². The first-order valence-corrected chi connectivity index (χ1v) is 26.4. The van der Waals surface area contributed by atoms with Crippen molar-refractivity contribution in [3.05, 3.63) is 133 Å². The number of allylic oxidation sites excluding steroid dienone is 1. The number of ether oxygens (including phenoxy) is 2. The first-order chi connectivity index (χ1) is 40.3. The molecule has 6 aromatic heterocycles. The Balaban J connectivity index is 0.611. The van der Waals surface area contributed by atoms with Crippen LogP contribution in [0.1, 0.15) is 17.5 Å². The maximum absolute atomic E-state index is 16.1. The minimum atomic E-state index is -0.600. The summed E-state index contributed by atoms with van der Waals surface area (Å²) >= 11 is 0. The number of halogens is 3. The molecule has 3 aliphatic rings. The summed E-state index contributed by atoms with van der Waals surface area (Å²) in [5, 5.41) is 22.6. The number of fused-ring (bicyclic) bond motifs is 5. The van der Waals surface area contributed by atoms with Gasteiger partial charge in [0.15, 0.2) is 29.1 Å². The lowest BCUT2D eigenvalue weighted by Gasteiger charge is -2.35. The molecule has 3 fully saturated rings. The predicted molar refractivity (Wildman–Crippen MR) is 299 cm³/mol. The van der Waals surface area contributed by atoms with Crippen molar-refractivity contribution in [2.75, 3.05) is 60.3 Å². The zero-order chi connectivity index (χ0) is 57.2. The summed E-state index contributed by atoms with van der Waals surface area (Å²) in [6.07, 6.45) is 11.2. The summed E-state index contributed by atoms with van der Waals surface area (Å²) in [6, 6.07) is 14.3. The Hall–Kier alpha value is -10.5. The highest BCUT2D eigenvalue weighted by Crippen LogP contribution is 2.49. The molecule has 4 aromatic carbocycles. The second-order valence-corrected chi connectivity index (χ2v) is 20.4. The van der Waals surface area contributed by atoms with Crippen molar-refractivity contribution in [1.29, 1.82) is 0 Å². The summed E-state index contributed by atoms with van der Waals surface area (Å²) < 4.78 is 61.9. The maximum Gasteiger partial charge on any atom is 0.247 e. The number of hydrogen-bond acceptors (Lipinski definition) is 20. The van der Waals surface area contributed by atoms with Crippen LogP contribution in [-0.2, 0) is 23.2 Å². The number of carbonyl (C=O) groups is 2. The van der Waals surface area contributed by atoms with Crippen molar-refractivity contribution < 1.29 is 32.2 Å². The molecule has 1 saturated carbocycles. The Kier molecular flexibility index (Phi) is 13.1. The third kappa shape index (κ3) is 9.73. The van der Waals surface area contributed by atoms with Crippen molar-refractivity contribution in [2.24, 2.45) is 18.9 Å². The molecule has 2 amide bonds. The molecule has 1 aliphatic carbocycles. The number of rotatable bonds is 15. The number of aromatic nitrogens is 14. The van der Waals surface area contributed by atoms with Gasteiger partial charge in [0.1, 0.15) is 74.3 Å². The molecule has 418 valence electrons. The third-order valence-electron chi connectivity index (χ3n) is 15.2. The van der Waals surface area contributed by atoms with E-state index < -0.39 is 17.5 Å². The van der Waals surface area contributed by atoms with E-state index in [4.69, 9.17) is 19.4 Å². The molecule has 0 spiro atoms. The average Bonchev–Trinajstić information content (AvgIpc) is 4.05. The zero-order valence-electron chi connectivity index (χ0n) is 44.9. The monoisotopic (exact) mass is 1120 g/mol. The number of piperidine rings is 1. The van der Waals surface area contributed by atoms with Gasteiger partial charge in [-0.3, -0.25) is 9.59 Å². The number of hydrogen-bond donors (Lipinski definition) is 2. The molecule has 2 unspecified atom stereocenters. The Morgan fingerprint density at radius 2 is 1.35 bits per heavy atom. The molecule has 2 aliphatic heterocycles. The van der Waals surface area contributed by atoms with Gasteiger partial charge in [0.25, 0.3) is 0 Å². The summed E-state index contributed by atoms with van der Waals surface area (Å²) in [6.45, 7) is 9.82. The second-order valence-electron chi connectivity index (χ2n) is 20.4. The highest BCUT2D eigenvalue weighted by Gasteiger charge is 2.59. The van der Waals surface area contributed by atoms with Gasteiger partial charge >= 0.3 is 0 Å². The molecule has 8 heterocycles. The van der Waals surface area contributed by atoms with Crippen LogP contribution in [0.25, 0.3) is 44.1 Å². The SMILES string of the molecule is C=CC(=O)N1CCCN(c2ncc3ncnc(Nc4ccc(Oc5ccc6c(c5)nnn6CC=CC(=O)N(C)C5C6CN(c7ncc8ncnc(Nc9ccc(Oc%10cc(F)c%11c(c%10)nnn%11C)c(C)c9F)c8n7)CC65)c(C)c4F)c3n2)C1. The van der Waals surface area contributed by atoms with E-state index in [1.165, 1.54) is 47.7 Å². The number of anilines is 6. The molecular weight excluding hydrogens is 1070 g/mol. The van der Waals surface area contributed by atoms with Crippen LogP contribution in [0.4, 0.5) is 48.1 Å². The predicted octanol–water partition coefficient (Wildman–Crippen LogP) is 7.62. The van der Waals surface area contributed by atoms with E-state index in [9.17, 15) is 14.0 Å². The van der Waals surface area contributed by atoms with Gasteiger partial charge in [-0.15, -0.1) is 10.2 Å². The maximum atomic E-state index is 16.1. The number of amides is 2. The highest BCUT2D eigenvalue weighted by atomic mass is 19.1. The van der Waals surface area contributed by atoms with Crippen LogP contribution < -0.4 is 29.9 Å². The number of likely N-dealkylation sites (N-methyl/N-ethyl adjacent to an activating group) is 1. The van der Waals surface area contributed by atoms with Crippen molar-refractivity contribution >= 4 is 90.9 Å². The molecular formula is C56H49F3N20O4. The summed E-state index contributed by atoms with van der Waals surface area (Å²) in [5.41, 5.74) is 4.14. The van der Waals surface area contributed by atoms with Crippen LogP contribution in [0.3, 0.4) is 0 Å². The number of benzene rings is 4. The van der Waals surface area contributed by atoms with E-state index in [2.05, 4.69) is 72.6 Å². The first kappa shape index (κ1) is 51.9. The van der Waals surface area contributed by atoms with Crippen molar-refractivity contribution in [3.8, 4) is 23.0 Å². The quantitative estimate of drug-likeness (QED) is 0.0936. The zero-order valence-corrected chi connectivity index (χ0v) is 44.9. The first-order valence-electron chi connectivity index (χ1n) is 26.4. The van der Waals surface area contributed by atoms with Gasteiger partial charge in [-0.1, -0.05) is 23.1 Å². The van der Waals surface area contributed by atoms with Crippen LogP contribution in [0.15, 0.2) is 104 Å². The van der Waals surface area contributed by atoms with E-state index >= 15 is 8.78 Å². The van der Waals surface area contributed by atoms with Crippen LogP contribution >= 0.6 is 0 Å².